The number of nitrogens with zero attached hydrogens (tertiary/aromatic N) is 2. The lowest BCUT2D eigenvalue weighted by Crippen LogP contribution is -2.17. The molecule has 0 saturated heterocycles. The van der Waals surface area contributed by atoms with Gasteiger partial charge < -0.3 is 15.2 Å². The highest BCUT2D eigenvalue weighted by atomic mass is 16.3. The molecule has 2 aromatic heterocycles. The van der Waals surface area contributed by atoms with Gasteiger partial charge in [-0.2, -0.15) is 0 Å². The summed E-state index contributed by atoms with van der Waals surface area (Å²) < 4.78 is 1.89. The van der Waals surface area contributed by atoms with E-state index in [1.807, 2.05) is 23.6 Å². The maximum atomic E-state index is 9.93. The first-order valence-corrected chi connectivity index (χ1v) is 4.86. The quantitative estimate of drug-likeness (QED) is 0.740. The minimum Gasteiger partial charge on any atom is -0.398 e. The second-order valence-electron chi connectivity index (χ2n) is 4.30. The van der Waals surface area contributed by atoms with Gasteiger partial charge in [-0.25, -0.2) is 4.98 Å². The van der Waals surface area contributed by atoms with E-state index in [4.69, 9.17) is 5.73 Å². The Morgan fingerprint density at radius 2 is 2.07 bits per heavy atom. The summed E-state index contributed by atoms with van der Waals surface area (Å²) in [4.78, 5) is 4.38. The Morgan fingerprint density at radius 1 is 1.40 bits per heavy atom. The van der Waals surface area contributed by atoms with Crippen molar-refractivity contribution in [2.75, 3.05) is 5.73 Å². The minimum absolute atomic E-state index is 0.685. The highest BCUT2D eigenvalue weighted by molar-refractivity contribution is 5.50. The Morgan fingerprint density at radius 3 is 2.67 bits per heavy atom. The first-order chi connectivity index (χ1) is 6.89. The molecule has 0 atom stereocenters. The van der Waals surface area contributed by atoms with Gasteiger partial charge in [-0.05, 0) is 32.9 Å². The molecular weight excluding hydrogens is 190 g/mol. The lowest BCUT2D eigenvalue weighted by molar-refractivity contribution is 0.0737. The van der Waals surface area contributed by atoms with Crippen molar-refractivity contribution in [3.05, 3.63) is 29.7 Å². The molecule has 0 aliphatic heterocycles. The zero-order chi connectivity index (χ0) is 11.2. The highest BCUT2D eigenvalue weighted by Gasteiger charge is 2.23. The number of aliphatic hydroxyl groups is 1. The molecule has 0 bridgehead atoms. The maximum absolute atomic E-state index is 9.93. The Hall–Kier alpha value is -1.55. The van der Waals surface area contributed by atoms with E-state index in [0.717, 1.165) is 11.3 Å². The van der Waals surface area contributed by atoms with Gasteiger partial charge in [0.05, 0.1) is 5.69 Å². The Bertz CT molecular complexity index is 508. The SMILES string of the molecule is Cc1c(C(C)(C)O)nc2ccc(N)cn12. The summed E-state index contributed by atoms with van der Waals surface area (Å²) in [6.45, 7) is 5.38. The minimum atomic E-state index is -0.926. The number of aryl methyl sites for hydroxylation is 1. The Balaban J connectivity index is 2.76. The monoisotopic (exact) mass is 205 g/mol. The number of rotatable bonds is 1. The van der Waals surface area contributed by atoms with Crippen LogP contribution in [-0.2, 0) is 5.60 Å². The average Bonchev–Trinajstić information content (AvgIpc) is 2.43. The lowest BCUT2D eigenvalue weighted by Gasteiger charge is -2.14. The van der Waals surface area contributed by atoms with Crippen LogP contribution in [0.1, 0.15) is 25.2 Å². The number of hydrogen-bond acceptors (Lipinski definition) is 3. The van der Waals surface area contributed by atoms with E-state index in [9.17, 15) is 5.11 Å². The highest BCUT2D eigenvalue weighted by Crippen LogP contribution is 2.24. The van der Waals surface area contributed by atoms with Crippen LogP contribution in [0.2, 0.25) is 0 Å². The van der Waals surface area contributed by atoms with Crippen molar-refractivity contribution in [3.8, 4) is 0 Å². The molecule has 4 nitrogen and oxygen atoms in total. The topological polar surface area (TPSA) is 63.5 Å². The average molecular weight is 205 g/mol. The summed E-state index contributed by atoms with van der Waals surface area (Å²) in [5, 5.41) is 9.93. The maximum Gasteiger partial charge on any atom is 0.137 e. The second-order valence-corrected chi connectivity index (χ2v) is 4.30. The predicted molar refractivity (Wildman–Crippen MR) is 59.6 cm³/mol. The van der Waals surface area contributed by atoms with Crippen molar-refractivity contribution in [2.45, 2.75) is 26.4 Å². The fourth-order valence-corrected chi connectivity index (χ4v) is 1.76. The van der Waals surface area contributed by atoms with E-state index in [1.165, 1.54) is 0 Å². The second kappa shape index (κ2) is 2.97. The fraction of sp³-hybridized carbons (Fsp3) is 0.364. The standard InChI is InChI=1S/C11H15N3O/c1-7-10(11(2,3)15)13-9-5-4-8(12)6-14(7)9/h4-6,15H,12H2,1-3H3. The summed E-state index contributed by atoms with van der Waals surface area (Å²) in [6.07, 6.45) is 1.81. The van der Waals surface area contributed by atoms with Crippen molar-refractivity contribution in [1.82, 2.24) is 9.38 Å². The molecule has 2 aromatic rings. The molecule has 2 heterocycles. The zero-order valence-electron chi connectivity index (χ0n) is 9.15. The predicted octanol–water partition coefficient (Wildman–Crippen LogP) is 1.45. The molecule has 0 fully saturated rings. The summed E-state index contributed by atoms with van der Waals surface area (Å²) in [6, 6.07) is 3.65. The van der Waals surface area contributed by atoms with Crippen LogP contribution < -0.4 is 5.73 Å². The van der Waals surface area contributed by atoms with Gasteiger partial charge in [0.25, 0.3) is 0 Å². The smallest absolute Gasteiger partial charge is 0.137 e. The first-order valence-electron chi connectivity index (χ1n) is 4.86. The van der Waals surface area contributed by atoms with E-state index in [0.29, 0.717) is 11.4 Å². The summed E-state index contributed by atoms with van der Waals surface area (Å²) in [5.41, 5.74) is 7.87. The molecule has 0 unspecified atom stereocenters. The number of nitrogen functional groups attached to an aromatic ring is 1. The van der Waals surface area contributed by atoms with Crippen LogP contribution in [0.25, 0.3) is 5.65 Å². The van der Waals surface area contributed by atoms with Crippen molar-refractivity contribution in [1.29, 1.82) is 0 Å². The molecule has 2 rings (SSSR count). The number of fused-ring (bicyclic) bond motifs is 1. The van der Waals surface area contributed by atoms with Gasteiger partial charge in [0.1, 0.15) is 11.2 Å². The number of pyridine rings is 1. The normalized spacial score (nSPS) is 12.3. The zero-order valence-corrected chi connectivity index (χ0v) is 9.15. The van der Waals surface area contributed by atoms with Gasteiger partial charge in [-0.3, -0.25) is 0 Å². The van der Waals surface area contributed by atoms with Crippen LogP contribution in [0.15, 0.2) is 18.3 Å². The molecule has 0 aliphatic rings. The summed E-state index contributed by atoms with van der Waals surface area (Å²) in [7, 11) is 0. The van der Waals surface area contributed by atoms with Gasteiger partial charge in [-0.15, -0.1) is 0 Å². The Kier molecular flexibility index (Phi) is 1.98. The summed E-state index contributed by atoms with van der Waals surface area (Å²) >= 11 is 0. The molecule has 0 saturated carbocycles. The molecule has 0 aliphatic carbocycles. The van der Waals surface area contributed by atoms with Gasteiger partial charge >= 0.3 is 0 Å². The van der Waals surface area contributed by atoms with E-state index >= 15 is 0 Å². The first kappa shape index (κ1) is 9.98. The van der Waals surface area contributed by atoms with Crippen molar-refractivity contribution >= 4 is 11.3 Å². The van der Waals surface area contributed by atoms with Crippen LogP contribution in [0.5, 0.6) is 0 Å². The molecule has 4 heteroatoms. The molecule has 80 valence electrons. The van der Waals surface area contributed by atoms with Crippen LogP contribution in [0.3, 0.4) is 0 Å². The van der Waals surface area contributed by atoms with Gasteiger partial charge in [0.15, 0.2) is 0 Å². The molecule has 3 N–H and O–H groups in total. The number of aromatic nitrogens is 2. The lowest BCUT2D eigenvalue weighted by atomic mass is 10.0. The molecule has 0 radical (unpaired) electrons. The molecular formula is C11H15N3O. The number of imidazole rings is 1. The molecule has 0 aromatic carbocycles. The van der Waals surface area contributed by atoms with Crippen molar-refractivity contribution in [3.63, 3.8) is 0 Å². The van der Waals surface area contributed by atoms with Crippen molar-refractivity contribution in [2.24, 2.45) is 0 Å². The van der Waals surface area contributed by atoms with Gasteiger partial charge in [0.2, 0.25) is 0 Å². The van der Waals surface area contributed by atoms with Crippen LogP contribution in [0.4, 0.5) is 5.69 Å². The summed E-state index contributed by atoms with van der Waals surface area (Å²) in [5.74, 6) is 0. The van der Waals surface area contributed by atoms with E-state index < -0.39 is 5.60 Å². The Labute approximate surface area is 88.4 Å². The fourth-order valence-electron chi connectivity index (χ4n) is 1.76. The van der Waals surface area contributed by atoms with E-state index in [1.54, 1.807) is 19.9 Å². The van der Waals surface area contributed by atoms with Crippen LogP contribution in [-0.4, -0.2) is 14.5 Å². The van der Waals surface area contributed by atoms with Crippen LogP contribution in [0, 0.1) is 6.92 Å². The largest absolute Gasteiger partial charge is 0.398 e. The number of anilines is 1. The van der Waals surface area contributed by atoms with Crippen molar-refractivity contribution < 1.29 is 5.11 Å². The third-order valence-electron chi connectivity index (χ3n) is 2.46. The third kappa shape index (κ3) is 1.57. The molecule has 0 spiro atoms. The van der Waals surface area contributed by atoms with E-state index in [2.05, 4.69) is 4.98 Å². The van der Waals surface area contributed by atoms with E-state index in [-0.39, 0.29) is 0 Å². The number of nitrogens with two attached hydrogens (primary N) is 1. The third-order valence-corrected chi connectivity index (χ3v) is 2.46. The molecule has 15 heavy (non-hydrogen) atoms. The van der Waals surface area contributed by atoms with Gasteiger partial charge in [-0.1, -0.05) is 0 Å². The van der Waals surface area contributed by atoms with Gasteiger partial charge in [0, 0.05) is 17.6 Å². The molecule has 0 amide bonds. The van der Waals surface area contributed by atoms with Crippen LogP contribution >= 0.6 is 0 Å². The number of hydrogen-bond donors (Lipinski definition) is 2.